The first-order valence-electron chi connectivity index (χ1n) is 8.74. The lowest BCUT2D eigenvalue weighted by molar-refractivity contribution is 0.162. The zero-order valence-corrected chi connectivity index (χ0v) is 16.0. The summed E-state index contributed by atoms with van der Waals surface area (Å²) in [5.41, 5.74) is 1.13. The summed E-state index contributed by atoms with van der Waals surface area (Å²) in [7, 11) is -3.52. The molecule has 0 unspecified atom stereocenters. The normalized spacial score (nSPS) is 15.4. The molecule has 1 N–H and O–H groups in total. The molecule has 7 nitrogen and oxygen atoms in total. The van der Waals surface area contributed by atoms with Gasteiger partial charge < -0.3 is 15.0 Å². The van der Waals surface area contributed by atoms with Gasteiger partial charge in [0.15, 0.2) is 6.73 Å². The molecule has 0 aliphatic carbocycles. The highest BCUT2D eigenvalue weighted by Crippen LogP contribution is 2.17. The number of urea groups is 1. The first-order chi connectivity index (χ1) is 13.0. The number of carbonyl (C=O) groups is 1. The number of sulfonamides is 1. The number of hydrogen-bond acceptors (Lipinski definition) is 4. The van der Waals surface area contributed by atoms with Gasteiger partial charge in [-0.15, -0.1) is 0 Å². The van der Waals surface area contributed by atoms with E-state index in [1.165, 1.54) is 4.31 Å². The van der Waals surface area contributed by atoms with E-state index in [2.05, 4.69) is 5.32 Å². The largest absolute Gasteiger partial charge is 0.473 e. The fourth-order valence-electron chi connectivity index (χ4n) is 2.80. The minimum absolute atomic E-state index is 0.0599. The molecular weight excluding hydrogens is 366 g/mol. The SMILES string of the molecule is Cc1ccc(OCNC(=O)N2CCN(S(=O)(=O)c3ccccc3)CC2)cc1. The molecule has 0 aromatic heterocycles. The Labute approximate surface area is 159 Å². The van der Waals surface area contributed by atoms with Crippen molar-refractivity contribution in [2.75, 3.05) is 32.9 Å². The molecule has 3 rings (SSSR count). The van der Waals surface area contributed by atoms with E-state index in [0.29, 0.717) is 18.8 Å². The molecule has 1 aliphatic rings. The predicted molar refractivity (Wildman–Crippen MR) is 102 cm³/mol. The highest BCUT2D eigenvalue weighted by atomic mass is 32.2. The number of rotatable bonds is 5. The summed E-state index contributed by atoms with van der Waals surface area (Å²) in [4.78, 5) is 14.1. The molecule has 144 valence electrons. The molecule has 1 aliphatic heterocycles. The van der Waals surface area contributed by atoms with Gasteiger partial charge in [-0.2, -0.15) is 4.31 Å². The molecule has 8 heteroatoms. The molecule has 0 atom stereocenters. The number of aryl methyl sites for hydroxylation is 1. The van der Waals surface area contributed by atoms with Crippen LogP contribution in [0.5, 0.6) is 5.75 Å². The van der Waals surface area contributed by atoms with Gasteiger partial charge in [0, 0.05) is 26.2 Å². The number of carbonyl (C=O) groups excluding carboxylic acids is 1. The number of hydrogen-bond donors (Lipinski definition) is 1. The minimum atomic E-state index is -3.52. The minimum Gasteiger partial charge on any atom is -0.473 e. The summed E-state index contributed by atoms with van der Waals surface area (Å²) in [6.07, 6.45) is 0. The Balaban J connectivity index is 1.47. The van der Waals surface area contributed by atoms with E-state index in [1.807, 2.05) is 31.2 Å². The quantitative estimate of drug-likeness (QED) is 0.794. The molecule has 1 heterocycles. The van der Waals surface area contributed by atoms with Crippen LogP contribution in [-0.2, 0) is 10.0 Å². The molecular formula is C19H23N3O4S. The Morgan fingerprint density at radius 2 is 1.63 bits per heavy atom. The van der Waals surface area contributed by atoms with Gasteiger partial charge in [-0.1, -0.05) is 35.9 Å². The van der Waals surface area contributed by atoms with Crippen molar-refractivity contribution in [3.05, 3.63) is 60.2 Å². The monoisotopic (exact) mass is 389 g/mol. The van der Waals surface area contributed by atoms with E-state index in [0.717, 1.165) is 5.56 Å². The molecule has 0 saturated carbocycles. The lowest BCUT2D eigenvalue weighted by Crippen LogP contribution is -2.53. The second kappa shape index (κ2) is 8.41. The maximum atomic E-state index is 12.6. The van der Waals surface area contributed by atoms with Crippen molar-refractivity contribution in [1.82, 2.24) is 14.5 Å². The zero-order chi connectivity index (χ0) is 19.3. The topological polar surface area (TPSA) is 79.0 Å². The summed E-state index contributed by atoms with van der Waals surface area (Å²) in [5, 5.41) is 2.70. The smallest absolute Gasteiger partial charge is 0.320 e. The van der Waals surface area contributed by atoms with Crippen molar-refractivity contribution >= 4 is 16.1 Å². The molecule has 2 aromatic carbocycles. The summed E-state index contributed by atoms with van der Waals surface area (Å²) in [5.74, 6) is 0.680. The van der Waals surface area contributed by atoms with Gasteiger partial charge in [0.2, 0.25) is 10.0 Å². The Morgan fingerprint density at radius 3 is 2.26 bits per heavy atom. The van der Waals surface area contributed by atoms with Crippen LogP contribution in [0.4, 0.5) is 4.79 Å². The fraction of sp³-hybridized carbons (Fsp3) is 0.316. The van der Waals surface area contributed by atoms with Gasteiger partial charge in [0.1, 0.15) is 5.75 Å². The van der Waals surface area contributed by atoms with Crippen molar-refractivity contribution in [2.45, 2.75) is 11.8 Å². The lowest BCUT2D eigenvalue weighted by atomic mass is 10.2. The van der Waals surface area contributed by atoms with E-state index in [-0.39, 0.29) is 30.7 Å². The van der Waals surface area contributed by atoms with Crippen LogP contribution in [-0.4, -0.2) is 56.6 Å². The van der Waals surface area contributed by atoms with Crippen molar-refractivity contribution in [3.8, 4) is 5.75 Å². The standard InChI is InChI=1S/C19H23N3O4S/c1-16-7-9-17(10-8-16)26-15-20-19(23)21-11-13-22(14-12-21)27(24,25)18-5-3-2-4-6-18/h2-10H,11-15H2,1H3,(H,20,23). The van der Waals surface area contributed by atoms with Gasteiger partial charge >= 0.3 is 6.03 Å². The van der Waals surface area contributed by atoms with Crippen LogP contribution >= 0.6 is 0 Å². The molecule has 2 aromatic rings. The average Bonchev–Trinajstić information content (AvgIpc) is 2.70. The van der Waals surface area contributed by atoms with Crippen LogP contribution in [0.1, 0.15) is 5.56 Å². The molecule has 1 fully saturated rings. The maximum Gasteiger partial charge on any atom is 0.320 e. The van der Waals surface area contributed by atoms with Crippen LogP contribution < -0.4 is 10.1 Å². The highest BCUT2D eigenvalue weighted by Gasteiger charge is 2.29. The Hall–Kier alpha value is -2.58. The van der Waals surface area contributed by atoms with Crippen molar-refractivity contribution in [3.63, 3.8) is 0 Å². The Bertz CT molecular complexity index is 862. The average molecular weight is 389 g/mol. The second-order valence-electron chi connectivity index (χ2n) is 6.29. The third-order valence-corrected chi connectivity index (χ3v) is 6.30. The molecule has 27 heavy (non-hydrogen) atoms. The molecule has 2 amide bonds. The van der Waals surface area contributed by atoms with E-state index >= 15 is 0 Å². The van der Waals surface area contributed by atoms with Crippen LogP contribution in [0.2, 0.25) is 0 Å². The Morgan fingerprint density at radius 1 is 1.00 bits per heavy atom. The third-order valence-electron chi connectivity index (χ3n) is 4.39. The van der Waals surface area contributed by atoms with Gasteiger partial charge in [-0.3, -0.25) is 0 Å². The van der Waals surface area contributed by atoms with E-state index in [4.69, 9.17) is 4.74 Å². The summed E-state index contributed by atoms with van der Waals surface area (Å²) >= 11 is 0. The summed E-state index contributed by atoms with van der Waals surface area (Å²) < 4.78 is 32.1. The van der Waals surface area contributed by atoms with Crippen LogP contribution in [0.15, 0.2) is 59.5 Å². The summed E-state index contributed by atoms with van der Waals surface area (Å²) in [6.45, 7) is 3.26. The van der Waals surface area contributed by atoms with Gasteiger partial charge in [-0.25, -0.2) is 13.2 Å². The van der Waals surface area contributed by atoms with Gasteiger partial charge in [0.05, 0.1) is 4.90 Å². The first kappa shape index (κ1) is 19.2. The second-order valence-corrected chi connectivity index (χ2v) is 8.23. The zero-order valence-electron chi connectivity index (χ0n) is 15.2. The Kier molecular flexibility index (Phi) is 5.98. The molecule has 0 bridgehead atoms. The highest BCUT2D eigenvalue weighted by molar-refractivity contribution is 7.89. The third kappa shape index (κ3) is 4.78. The van der Waals surface area contributed by atoms with E-state index < -0.39 is 10.0 Å². The number of amides is 2. The lowest BCUT2D eigenvalue weighted by Gasteiger charge is -2.33. The van der Waals surface area contributed by atoms with Gasteiger partial charge in [0.25, 0.3) is 0 Å². The fourth-order valence-corrected chi connectivity index (χ4v) is 4.24. The van der Waals surface area contributed by atoms with Gasteiger partial charge in [-0.05, 0) is 31.2 Å². The predicted octanol–water partition coefficient (Wildman–Crippen LogP) is 2.05. The van der Waals surface area contributed by atoms with Crippen molar-refractivity contribution in [1.29, 1.82) is 0 Å². The van der Waals surface area contributed by atoms with Crippen molar-refractivity contribution < 1.29 is 17.9 Å². The molecule has 1 saturated heterocycles. The van der Waals surface area contributed by atoms with E-state index in [9.17, 15) is 13.2 Å². The maximum absolute atomic E-state index is 12.6. The molecule has 0 spiro atoms. The van der Waals surface area contributed by atoms with Crippen LogP contribution in [0.3, 0.4) is 0 Å². The molecule has 0 radical (unpaired) electrons. The number of nitrogens with one attached hydrogen (secondary N) is 1. The number of ether oxygens (including phenoxy) is 1. The number of benzene rings is 2. The van der Waals surface area contributed by atoms with Crippen LogP contribution in [0, 0.1) is 6.92 Å². The van der Waals surface area contributed by atoms with Crippen LogP contribution in [0.25, 0.3) is 0 Å². The first-order valence-corrected chi connectivity index (χ1v) is 10.2. The number of piperazine rings is 1. The van der Waals surface area contributed by atoms with E-state index in [1.54, 1.807) is 35.2 Å². The summed E-state index contributed by atoms with van der Waals surface area (Å²) in [6, 6.07) is 15.6. The number of nitrogens with zero attached hydrogens (tertiary/aromatic N) is 2. The van der Waals surface area contributed by atoms with Crippen molar-refractivity contribution in [2.24, 2.45) is 0 Å².